The van der Waals surface area contributed by atoms with Gasteiger partial charge in [-0.15, -0.1) is 0 Å². The van der Waals surface area contributed by atoms with Crippen LogP contribution in [0.3, 0.4) is 0 Å². The van der Waals surface area contributed by atoms with Gasteiger partial charge in [-0.1, -0.05) is 29.8 Å². The van der Waals surface area contributed by atoms with Gasteiger partial charge < -0.3 is 9.84 Å². The summed E-state index contributed by atoms with van der Waals surface area (Å²) in [5.74, 6) is -2.78. The van der Waals surface area contributed by atoms with Crippen LogP contribution in [0.15, 0.2) is 72.3 Å². The molecule has 2 N–H and O–H groups in total. The zero-order chi connectivity index (χ0) is 26.7. The second-order valence-electron chi connectivity index (χ2n) is 7.71. The highest BCUT2D eigenvalue weighted by Gasteiger charge is 2.37. The Kier molecular flexibility index (Phi) is 6.98. The van der Waals surface area contributed by atoms with Crippen molar-refractivity contribution < 1.29 is 33.9 Å². The molecule has 37 heavy (non-hydrogen) atoms. The summed E-state index contributed by atoms with van der Waals surface area (Å²) in [7, 11) is 0. The number of carbonyl (C=O) groups is 4. The van der Waals surface area contributed by atoms with Crippen LogP contribution in [0.5, 0.6) is 5.75 Å². The van der Waals surface area contributed by atoms with Gasteiger partial charge in [0.25, 0.3) is 17.5 Å². The lowest BCUT2D eigenvalue weighted by atomic mass is 10.1. The summed E-state index contributed by atoms with van der Waals surface area (Å²) in [6.07, 6.45) is 1.20. The molecule has 1 aliphatic heterocycles. The Morgan fingerprint density at radius 3 is 2.49 bits per heavy atom. The molecule has 0 unspecified atom stereocenters. The summed E-state index contributed by atoms with van der Waals surface area (Å²) in [6, 6.07) is 14.3. The lowest BCUT2D eigenvalue weighted by Gasteiger charge is -2.26. The average Bonchev–Trinajstić information content (AvgIpc) is 2.86. The Morgan fingerprint density at radius 1 is 1.08 bits per heavy atom. The Morgan fingerprint density at radius 2 is 1.81 bits per heavy atom. The molecule has 1 aliphatic rings. The fourth-order valence-corrected chi connectivity index (χ4v) is 3.64. The van der Waals surface area contributed by atoms with Crippen molar-refractivity contribution in [2.24, 2.45) is 0 Å². The van der Waals surface area contributed by atoms with Gasteiger partial charge in [-0.2, -0.15) is 0 Å². The third-order valence-corrected chi connectivity index (χ3v) is 5.50. The van der Waals surface area contributed by atoms with E-state index in [0.29, 0.717) is 10.5 Å². The van der Waals surface area contributed by atoms with Crippen molar-refractivity contribution in [2.45, 2.75) is 6.61 Å². The average molecular weight is 522 g/mol. The quantitative estimate of drug-likeness (QED) is 0.203. The molecular weight excluding hydrogens is 506 g/mol. The van der Waals surface area contributed by atoms with Crippen LogP contribution in [0.25, 0.3) is 6.08 Å². The number of hydrogen-bond donors (Lipinski definition) is 2. The Hall–Kier alpha value is -5.03. The van der Waals surface area contributed by atoms with Crippen LogP contribution < -0.4 is 15.0 Å². The third-order valence-electron chi connectivity index (χ3n) is 5.27. The van der Waals surface area contributed by atoms with Crippen LogP contribution in [0, 0.1) is 10.1 Å². The van der Waals surface area contributed by atoms with E-state index in [1.807, 2.05) is 0 Å². The number of halogens is 1. The van der Waals surface area contributed by atoms with Crippen molar-refractivity contribution in [1.82, 2.24) is 5.32 Å². The number of anilines is 1. The number of hydrogen-bond acceptors (Lipinski definition) is 7. The summed E-state index contributed by atoms with van der Waals surface area (Å²) in [5.41, 5.74) is 0.160. The van der Waals surface area contributed by atoms with E-state index < -0.39 is 34.3 Å². The number of aromatic carboxylic acids is 1. The van der Waals surface area contributed by atoms with E-state index in [9.17, 15) is 29.3 Å². The van der Waals surface area contributed by atoms with Crippen LogP contribution in [-0.4, -0.2) is 33.8 Å². The summed E-state index contributed by atoms with van der Waals surface area (Å²) in [4.78, 5) is 60.3. The highest BCUT2D eigenvalue weighted by Crippen LogP contribution is 2.29. The van der Waals surface area contributed by atoms with E-state index in [4.69, 9.17) is 21.4 Å². The number of imide groups is 2. The van der Waals surface area contributed by atoms with Crippen LogP contribution in [0.2, 0.25) is 5.02 Å². The second kappa shape index (κ2) is 10.3. The number of barbiturate groups is 1. The maximum absolute atomic E-state index is 13.2. The highest BCUT2D eigenvalue weighted by atomic mass is 35.5. The highest BCUT2D eigenvalue weighted by molar-refractivity contribution is 6.39. The molecule has 0 aromatic heterocycles. The van der Waals surface area contributed by atoms with Gasteiger partial charge >= 0.3 is 12.0 Å². The van der Waals surface area contributed by atoms with E-state index in [-0.39, 0.29) is 39.9 Å². The first-order valence-corrected chi connectivity index (χ1v) is 10.9. The number of carboxylic acid groups (broad SMARTS) is 1. The summed E-state index contributed by atoms with van der Waals surface area (Å²) < 4.78 is 5.82. The molecule has 1 fully saturated rings. The molecule has 4 rings (SSSR count). The Labute approximate surface area is 213 Å². The molecular formula is C25H16ClN3O8. The maximum Gasteiger partial charge on any atom is 0.335 e. The number of nitrogens with one attached hydrogen (secondary N) is 1. The van der Waals surface area contributed by atoms with Gasteiger partial charge in [0.1, 0.15) is 17.9 Å². The van der Waals surface area contributed by atoms with Gasteiger partial charge in [0.2, 0.25) is 0 Å². The number of carbonyl (C=O) groups excluding carboxylic acids is 3. The summed E-state index contributed by atoms with van der Waals surface area (Å²) in [5, 5.41) is 22.5. The molecule has 1 heterocycles. The van der Waals surface area contributed by atoms with Gasteiger partial charge in [0, 0.05) is 22.7 Å². The van der Waals surface area contributed by atoms with Crippen LogP contribution in [0.1, 0.15) is 21.5 Å². The standard InChI is InChI=1S/C25H16ClN3O8/c26-17-8-9-21(37-13-14-4-6-15(7-5-14)24(32)33)16(10-17)11-20-22(30)27-25(34)28(23(20)31)18-2-1-3-19(12-18)29(35)36/h1-12H,13H2,(H,32,33)(H,27,30,34)/b20-11+. The molecule has 3 aromatic carbocycles. The molecule has 12 heteroatoms. The molecule has 0 bridgehead atoms. The SMILES string of the molecule is O=C1NC(=O)N(c2cccc([N+](=O)[O-])c2)C(=O)/C1=C/c1cc(Cl)ccc1OCc1ccc(C(=O)O)cc1. The maximum atomic E-state index is 13.2. The first-order chi connectivity index (χ1) is 17.6. The smallest absolute Gasteiger partial charge is 0.335 e. The monoisotopic (exact) mass is 521 g/mol. The first-order valence-electron chi connectivity index (χ1n) is 10.5. The van der Waals surface area contributed by atoms with Gasteiger partial charge in [-0.05, 0) is 48.0 Å². The van der Waals surface area contributed by atoms with Gasteiger partial charge in [-0.3, -0.25) is 25.0 Å². The summed E-state index contributed by atoms with van der Waals surface area (Å²) in [6.45, 7) is 0.0378. The number of nitrogens with zero attached hydrogens (tertiary/aromatic N) is 2. The Bertz CT molecular complexity index is 1480. The van der Waals surface area contributed by atoms with Gasteiger partial charge in [0.05, 0.1) is 16.2 Å². The van der Waals surface area contributed by atoms with E-state index >= 15 is 0 Å². The molecule has 0 spiro atoms. The molecule has 0 radical (unpaired) electrons. The van der Waals surface area contributed by atoms with Crippen LogP contribution >= 0.6 is 11.6 Å². The number of amides is 4. The number of nitro groups is 1. The Balaban J connectivity index is 1.65. The minimum absolute atomic E-state index is 0.0378. The number of urea groups is 1. The predicted octanol–water partition coefficient (Wildman–Crippen LogP) is 4.19. The van der Waals surface area contributed by atoms with Crippen LogP contribution in [-0.2, 0) is 16.2 Å². The van der Waals surface area contributed by atoms with Gasteiger partial charge in [0.15, 0.2) is 0 Å². The molecule has 1 saturated heterocycles. The lowest BCUT2D eigenvalue weighted by Crippen LogP contribution is -2.54. The zero-order valence-corrected chi connectivity index (χ0v) is 19.5. The molecule has 0 aliphatic carbocycles. The third kappa shape index (κ3) is 5.46. The molecule has 3 aromatic rings. The van der Waals surface area contributed by atoms with Crippen molar-refractivity contribution >= 4 is 52.9 Å². The minimum atomic E-state index is -1.06. The molecule has 11 nitrogen and oxygen atoms in total. The van der Waals surface area contributed by atoms with Crippen molar-refractivity contribution in [2.75, 3.05) is 4.90 Å². The van der Waals surface area contributed by atoms with Crippen molar-refractivity contribution in [3.8, 4) is 5.75 Å². The number of carboxylic acids is 1. The van der Waals surface area contributed by atoms with E-state index in [1.54, 1.807) is 12.1 Å². The molecule has 186 valence electrons. The van der Waals surface area contributed by atoms with Crippen LogP contribution in [0.4, 0.5) is 16.2 Å². The van der Waals surface area contributed by atoms with Crippen molar-refractivity contribution in [1.29, 1.82) is 0 Å². The second-order valence-corrected chi connectivity index (χ2v) is 8.14. The molecule has 4 amide bonds. The summed E-state index contributed by atoms with van der Waals surface area (Å²) >= 11 is 6.11. The predicted molar refractivity (Wildman–Crippen MR) is 131 cm³/mol. The fourth-order valence-electron chi connectivity index (χ4n) is 3.46. The number of rotatable bonds is 7. The van der Waals surface area contributed by atoms with Crippen molar-refractivity contribution in [3.05, 3.63) is 104 Å². The number of ether oxygens (including phenoxy) is 1. The van der Waals surface area contributed by atoms with E-state index in [1.165, 1.54) is 54.6 Å². The fraction of sp³-hybridized carbons (Fsp3) is 0.0400. The molecule has 0 saturated carbocycles. The van der Waals surface area contributed by atoms with Crippen molar-refractivity contribution in [3.63, 3.8) is 0 Å². The largest absolute Gasteiger partial charge is 0.488 e. The minimum Gasteiger partial charge on any atom is -0.488 e. The molecule has 0 atom stereocenters. The normalized spacial score (nSPS) is 14.5. The number of nitro benzene ring substituents is 1. The zero-order valence-electron chi connectivity index (χ0n) is 18.7. The van der Waals surface area contributed by atoms with Gasteiger partial charge in [-0.25, -0.2) is 14.5 Å². The van der Waals surface area contributed by atoms with E-state index in [0.717, 1.165) is 6.07 Å². The lowest BCUT2D eigenvalue weighted by molar-refractivity contribution is -0.384. The number of benzene rings is 3. The first kappa shape index (κ1) is 25.1. The topological polar surface area (TPSA) is 156 Å². The van der Waals surface area contributed by atoms with E-state index in [2.05, 4.69) is 5.32 Å². The number of non-ortho nitro benzene ring substituents is 1.